The van der Waals surface area contributed by atoms with Crippen LogP contribution in [0.2, 0.25) is 0 Å². The first-order chi connectivity index (χ1) is 69.1. The van der Waals surface area contributed by atoms with E-state index in [0.717, 1.165) is 160 Å². The normalized spacial score (nSPS) is 13.9. The molecule has 1 atom stereocenters. The van der Waals surface area contributed by atoms with Gasteiger partial charge in [-0.3, -0.25) is 9.59 Å². The second-order valence-corrected chi connectivity index (χ2v) is 37.3. The highest BCUT2D eigenvalue weighted by atomic mass is 79.9. The molecule has 6 aliphatic carbocycles. The molecule has 8 nitrogen and oxygen atoms in total. The zero-order valence-electron chi connectivity index (χ0n) is 76.3. The minimum Gasteiger partial charge on any atom is -0.456 e. The number of para-hydroxylation sites is 5. The Balaban J connectivity index is 0.0000000887. The summed E-state index contributed by atoms with van der Waals surface area (Å²) in [4.78, 5) is 25.4. The van der Waals surface area contributed by atoms with Gasteiger partial charge in [0.2, 0.25) is 0 Å². The van der Waals surface area contributed by atoms with Crippen LogP contribution in [0.4, 0.5) is 0 Å². The predicted molar refractivity (Wildman–Crippen MR) is 571 cm³/mol. The lowest BCUT2D eigenvalue weighted by Gasteiger charge is -2.30. The average Bonchev–Trinajstić information content (AvgIpc) is 1.49. The first-order valence-electron chi connectivity index (χ1n) is 47.3. The maximum atomic E-state index is 12.8. The molecule has 6 aliphatic rings. The van der Waals surface area contributed by atoms with E-state index >= 15 is 0 Å². The summed E-state index contributed by atoms with van der Waals surface area (Å²) in [6.07, 6.45) is 0.975. The Morgan fingerprint density at radius 2 is 0.500 bits per heavy atom. The Hall–Kier alpha value is -17.6. The number of carbonyl (C=O) groups is 2. The average molecular weight is 1860 g/mol. The summed E-state index contributed by atoms with van der Waals surface area (Å²) in [6.45, 7) is 0. The molecule has 0 amide bonds. The van der Waals surface area contributed by atoms with Crippen molar-refractivity contribution in [1.82, 2.24) is 0 Å². The molecule has 0 radical (unpaired) electrons. The molecule has 140 heavy (non-hydrogen) atoms. The van der Waals surface area contributed by atoms with E-state index in [2.05, 4.69) is 265 Å². The van der Waals surface area contributed by atoms with Crippen LogP contribution in [0, 0.1) is 0 Å². The fourth-order valence-corrected chi connectivity index (χ4v) is 23.7. The number of hydrogen-bond acceptors (Lipinski definition) is 8. The second-order valence-electron chi connectivity index (χ2n) is 36.4. The van der Waals surface area contributed by atoms with Crippen LogP contribution >= 0.6 is 15.9 Å². The van der Waals surface area contributed by atoms with E-state index in [0.29, 0.717) is 22.3 Å². The van der Waals surface area contributed by atoms with Gasteiger partial charge in [0.1, 0.15) is 61.4 Å². The van der Waals surface area contributed by atoms with Crippen molar-refractivity contribution in [2.24, 2.45) is 0 Å². The molecule has 5 aromatic heterocycles. The summed E-state index contributed by atoms with van der Waals surface area (Å²) in [6, 6.07) is 158. The molecule has 9 heteroatoms. The van der Waals surface area contributed by atoms with Gasteiger partial charge in [-0.1, -0.05) is 410 Å². The minimum absolute atomic E-state index is 0. The van der Waals surface area contributed by atoms with Gasteiger partial charge in [-0.25, -0.2) is 0 Å². The zero-order valence-corrected chi connectivity index (χ0v) is 76.9. The summed E-state index contributed by atoms with van der Waals surface area (Å²) in [5.41, 5.74) is 38.9. The molecular weight excluding hydrogens is 1780 g/mol. The van der Waals surface area contributed by atoms with Crippen molar-refractivity contribution in [3.05, 3.63) is 538 Å². The first-order valence-corrected chi connectivity index (χ1v) is 48.1. The van der Waals surface area contributed by atoms with Crippen molar-refractivity contribution in [2.45, 2.75) is 17.4 Å². The lowest BCUT2D eigenvalue weighted by atomic mass is 9.70. The van der Waals surface area contributed by atoms with Crippen LogP contribution in [0.3, 0.4) is 0 Å². The molecule has 658 valence electrons. The number of ketones is 2. The number of carbonyl (C=O) groups excluding carboxylic acids is 2. The monoisotopic (exact) mass is 1860 g/mol. The largest absolute Gasteiger partial charge is 1.00 e. The van der Waals surface area contributed by atoms with E-state index in [1.165, 1.54) is 99.4 Å². The SMILES string of the molecule is Brc1ccccc1-c1ccccc1.O=C1c2ccccc2-c2ccc3c(oc4ccccc43)c21.O=C1c2ccccc2-c2ccc3c(oc4ccccc43)c21.OC1(c2ccccc2-c2ccccc2)c2ccccc2-c2ccc3c(oc4ccccc43)c21.[H+].c1ccc2c(c1)-c1ccccc1C21c2ccccc2-c2ccc3c(oc4ccccc43)c21.c1ccc2c(c1)Cc1c-2ccc2c1oc1ccccc12. The van der Waals surface area contributed by atoms with E-state index < -0.39 is 5.60 Å². The molecule has 0 bridgehead atoms. The van der Waals surface area contributed by atoms with Crippen molar-refractivity contribution in [3.63, 3.8) is 0 Å². The molecule has 0 fully saturated rings. The highest BCUT2D eigenvalue weighted by Crippen LogP contribution is 2.65. The Kier molecular flexibility index (Phi) is 19.1. The number of hydrogen-bond donors (Lipinski definition) is 1. The molecule has 21 aromatic carbocycles. The number of rotatable bonds is 3. The van der Waals surface area contributed by atoms with Crippen LogP contribution in [-0.4, -0.2) is 16.7 Å². The van der Waals surface area contributed by atoms with Crippen LogP contribution in [0.1, 0.15) is 83.3 Å². The minimum atomic E-state index is -1.34. The van der Waals surface area contributed by atoms with Crippen LogP contribution in [-0.2, 0) is 17.4 Å². The van der Waals surface area contributed by atoms with E-state index in [1.807, 2.05) is 212 Å². The molecule has 1 spiro atoms. The standard InChI is InChI=1S/C31H20O2.C31H18O.2C19H10O2.C19H12O.C12H9Br/c32-31(26-15-7-4-12-21(26)20-10-2-1-3-11-20)27-16-8-5-13-22(27)24-18-19-25-23-14-6-9-17-28(23)33-30(25)29(24)31;1-5-13-25-19(9-1)20-10-2-6-14-26(20)31(25)27-15-7-3-11-21(27)23-17-18-24-22-12-4-8-16-28(22)32-30(24)29(23)31;2*20-18-14-7-2-1-5-11(14)13-9-10-15-12-6-3-4-8-16(12)21-19(15)17(13)18;1-2-6-13-12(5-1)11-17-14(13)9-10-16-15-7-3-4-8-18(15)20-19(16)17;13-12-9-5-4-8-11(12)10-6-2-1-3-7-10/h1-19,32H;1-18H;2*1-10H;1-10H,11H2;1-9H/p+1. The van der Waals surface area contributed by atoms with E-state index in [4.69, 9.17) is 22.1 Å². The topological polar surface area (TPSA) is 120 Å². The summed E-state index contributed by atoms with van der Waals surface area (Å²) in [5.74, 6) is 0.121. The number of fused-ring (bicyclic) bond motifs is 42. The smallest absolute Gasteiger partial charge is 0.456 e. The second kappa shape index (κ2) is 32.6. The molecule has 0 aliphatic heterocycles. The van der Waals surface area contributed by atoms with Gasteiger partial charge in [0.05, 0.1) is 16.5 Å². The van der Waals surface area contributed by atoms with Gasteiger partial charge < -0.3 is 27.2 Å². The van der Waals surface area contributed by atoms with E-state index in [-0.39, 0.29) is 18.4 Å². The highest BCUT2D eigenvalue weighted by molar-refractivity contribution is 9.10. The third-order valence-corrected chi connectivity index (χ3v) is 29.9. The third-order valence-electron chi connectivity index (χ3n) is 29.2. The first kappa shape index (κ1) is 81.9. The Morgan fingerprint density at radius 3 is 0.950 bits per heavy atom. The fourth-order valence-electron chi connectivity index (χ4n) is 23.1. The van der Waals surface area contributed by atoms with E-state index in [1.54, 1.807) is 0 Å². The van der Waals surface area contributed by atoms with Crippen molar-refractivity contribution in [3.8, 4) is 89.0 Å². The predicted octanol–water partition coefficient (Wildman–Crippen LogP) is 34.4. The van der Waals surface area contributed by atoms with Crippen LogP contribution < -0.4 is 0 Å². The van der Waals surface area contributed by atoms with Gasteiger partial charge in [-0.15, -0.1) is 0 Å². The number of halogens is 1. The molecule has 1 unspecified atom stereocenters. The maximum absolute atomic E-state index is 12.8. The highest BCUT2D eigenvalue weighted by Gasteiger charge is 2.54. The van der Waals surface area contributed by atoms with Gasteiger partial charge in [0.15, 0.2) is 11.6 Å². The molecule has 32 rings (SSSR count). The van der Waals surface area contributed by atoms with Gasteiger partial charge >= 0.3 is 1.43 Å². The van der Waals surface area contributed by atoms with Gasteiger partial charge in [-0.2, -0.15) is 0 Å². The lowest BCUT2D eigenvalue weighted by Crippen LogP contribution is -2.27. The van der Waals surface area contributed by atoms with Crippen molar-refractivity contribution in [1.29, 1.82) is 0 Å². The van der Waals surface area contributed by atoms with Crippen molar-refractivity contribution in [2.75, 3.05) is 0 Å². The molecular formula is C131H80BrO8+. The summed E-state index contributed by atoms with van der Waals surface area (Å²) >= 11 is 3.53. The number of benzene rings is 21. The van der Waals surface area contributed by atoms with Crippen molar-refractivity contribution < 1.29 is 38.2 Å². The van der Waals surface area contributed by atoms with Crippen molar-refractivity contribution >= 4 is 137 Å². The van der Waals surface area contributed by atoms with Crippen LogP contribution in [0.15, 0.2) is 488 Å². The quantitative estimate of drug-likeness (QED) is 0.186. The Bertz CT molecular complexity index is 9430. The van der Waals surface area contributed by atoms with Crippen LogP contribution in [0.5, 0.6) is 0 Å². The summed E-state index contributed by atoms with van der Waals surface area (Å²) in [5, 5.41) is 23.8. The summed E-state index contributed by atoms with van der Waals surface area (Å²) in [7, 11) is 0. The zero-order chi connectivity index (χ0) is 93.0. The molecule has 0 saturated heterocycles. The Labute approximate surface area is 813 Å². The van der Waals surface area contributed by atoms with Gasteiger partial charge in [-0.05, 0) is 178 Å². The fraction of sp³-hybridized carbons (Fsp3) is 0.0229. The molecule has 5 heterocycles. The van der Waals surface area contributed by atoms with Gasteiger partial charge in [0, 0.05) is 104 Å². The summed E-state index contributed by atoms with van der Waals surface area (Å²) < 4.78 is 32.3. The molecule has 0 saturated carbocycles. The Morgan fingerprint density at radius 1 is 0.214 bits per heavy atom. The molecule has 26 aromatic rings. The molecule has 1 N–H and O–H groups in total. The number of aliphatic hydroxyl groups is 1. The van der Waals surface area contributed by atoms with Gasteiger partial charge in [0.25, 0.3) is 0 Å². The number of furan rings is 5. The lowest BCUT2D eigenvalue weighted by molar-refractivity contribution is 0.103. The van der Waals surface area contributed by atoms with Crippen LogP contribution in [0.25, 0.3) is 199 Å². The van der Waals surface area contributed by atoms with E-state index in [9.17, 15) is 14.7 Å². The third kappa shape index (κ3) is 12.4. The maximum Gasteiger partial charge on any atom is 1.00 e.